The van der Waals surface area contributed by atoms with Gasteiger partial charge in [0.25, 0.3) is 0 Å². The van der Waals surface area contributed by atoms with Gasteiger partial charge in [-0.2, -0.15) is 0 Å². The molecule has 0 aliphatic heterocycles. The van der Waals surface area contributed by atoms with Gasteiger partial charge >= 0.3 is 11.9 Å². The SMILES string of the molecule is COC(=O)c1ccc(OC(=O)/C=C/c2ccco2)c(OC)c1. The molecule has 0 N–H and O–H groups in total. The molecule has 0 fully saturated rings. The number of hydrogen-bond acceptors (Lipinski definition) is 6. The van der Waals surface area contributed by atoms with E-state index in [-0.39, 0.29) is 11.5 Å². The van der Waals surface area contributed by atoms with Crippen molar-refractivity contribution in [2.45, 2.75) is 0 Å². The quantitative estimate of drug-likeness (QED) is 0.480. The van der Waals surface area contributed by atoms with E-state index in [2.05, 4.69) is 4.74 Å². The Balaban J connectivity index is 2.11. The molecule has 6 nitrogen and oxygen atoms in total. The van der Waals surface area contributed by atoms with E-state index in [1.54, 1.807) is 12.1 Å². The minimum absolute atomic E-state index is 0.198. The van der Waals surface area contributed by atoms with Crippen molar-refractivity contribution in [1.29, 1.82) is 0 Å². The number of methoxy groups -OCH3 is 2. The number of benzene rings is 1. The number of ether oxygens (including phenoxy) is 3. The van der Waals surface area contributed by atoms with Gasteiger partial charge in [0.05, 0.1) is 26.0 Å². The maximum atomic E-state index is 11.8. The summed E-state index contributed by atoms with van der Waals surface area (Å²) in [6, 6.07) is 7.79. The van der Waals surface area contributed by atoms with Gasteiger partial charge in [-0.25, -0.2) is 9.59 Å². The van der Waals surface area contributed by atoms with Crippen LogP contribution >= 0.6 is 0 Å². The number of rotatable bonds is 5. The number of furan rings is 1. The highest BCUT2D eigenvalue weighted by Crippen LogP contribution is 2.28. The van der Waals surface area contributed by atoms with Crippen LogP contribution in [-0.2, 0) is 9.53 Å². The Labute approximate surface area is 126 Å². The average Bonchev–Trinajstić information content (AvgIpc) is 3.06. The second-order valence-corrected chi connectivity index (χ2v) is 4.13. The van der Waals surface area contributed by atoms with Crippen LogP contribution in [0.3, 0.4) is 0 Å². The molecule has 2 rings (SSSR count). The topological polar surface area (TPSA) is 75.0 Å². The van der Waals surface area contributed by atoms with Gasteiger partial charge in [-0.15, -0.1) is 0 Å². The standard InChI is InChI=1S/C16H14O6/c1-19-14-10-11(16(18)20-2)5-7-13(14)22-15(17)8-6-12-4-3-9-21-12/h3-10H,1-2H3/b8-6+. The zero-order valence-corrected chi connectivity index (χ0v) is 12.1. The third kappa shape index (κ3) is 3.76. The summed E-state index contributed by atoms with van der Waals surface area (Å²) in [6.45, 7) is 0. The molecule has 0 amide bonds. The van der Waals surface area contributed by atoms with Crippen LogP contribution in [0.25, 0.3) is 6.08 Å². The lowest BCUT2D eigenvalue weighted by Gasteiger charge is -2.09. The molecule has 6 heteroatoms. The van der Waals surface area contributed by atoms with E-state index in [0.717, 1.165) is 0 Å². The third-order valence-electron chi connectivity index (χ3n) is 2.72. The molecule has 114 valence electrons. The molecule has 1 heterocycles. The van der Waals surface area contributed by atoms with E-state index in [0.29, 0.717) is 11.3 Å². The maximum absolute atomic E-state index is 11.8. The Morgan fingerprint density at radius 1 is 1.14 bits per heavy atom. The van der Waals surface area contributed by atoms with Crippen molar-refractivity contribution in [1.82, 2.24) is 0 Å². The van der Waals surface area contributed by atoms with Crippen molar-refractivity contribution in [3.63, 3.8) is 0 Å². The van der Waals surface area contributed by atoms with Gasteiger partial charge in [0.2, 0.25) is 0 Å². The fourth-order valence-electron chi connectivity index (χ4n) is 1.68. The predicted octanol–water partition coefficient (Wildman–Crippen LogP) is 2.69. The molecular formula is C16H14O6. The molecule has 0 unspecified atom stereocenters. The first-order chi connectivity index (χ1) is 10.6. The summed E-state index contributed by atoms with van der Waals surface area (Å²) in [5, 5.41) is 0. The van der Waals surface area contributed by atoms with Gasteiger partial charge in [-0.1, -0.05) is 0 Å². The third-order valence-corrected chi connectivity index (χ3v) is 2.72. The molecule has 0 radical (unpaired) electrons. The molecule has 0 atom stereocenters. The van der Waals surface area contributed by atoms with Crippen LogP contribution in [0.1, 0.15) is 16.1 Å². The Bertz CT molecular complexity index is 685. The van der Waals surface area contributed by atoms with Gasteiger partial charge in [0, 0.05) is 6.08 Å². The molecule has 22 heavy (non-hydrogen) atoms. The van der Waals surface area contributed by atoms with E-state index in [1.807, 2.05) is 0 Å². The summed E-state index contributed by atoms with van der Waals surface area (Å²) >= 11 is 0. The fraction of sp³-hybridized carbons (Fsp3) is 0.125. The van der Waals surface area contributed by atoms with Crippen LogP contribution in [-0.4, -0.2) is 26.2 Å². The zero-order chi connectivity index (χ0) is 15.9. The van der Waals surface area contributed by atoms with Gasteiger partial charge in [-0.05, 0) is 36.4 Å². The molecule has 2 aromatic rings. The van der Waals surface area contributed by atoms with Crippen molar-refractivity contribution in [2.24, 2.45) is 0 Å². The van der Waals surface area contributed by atoms with Crippen LogP contribution in [0.2, 0.25) is 0 Å². The summed E-state index contributed by atoms with van der Waals surface area (Å²) in [5.74, 6) is -0.119. The number of carbonyl (C=O) groups excluding carboxylic acids is 2. The van der Waals surface area contributed by atoms with Crippen molar-refractivity contribution in [3.8, 4) is 11.5 Å². The van der Waals surface area contributed by atoms with Crippen molar-refractivity contribution in [2.75, 3.05) is 14.2 Å². The molecule has 0 saturated carbocycles. The second kappa shape index (κ2) is 7.12. The normalized spacial score (nSPS) is 10.5. The first kappa shape index (κ1) is 15.4. The van der Waals surface area contributed by atoms with Crippen LogP contribution in [0.15, 0.2) is 47.1 Å². The van der Waals surface area contributed by atoms with Gasteiger partial charge < -0.3 is 18.6 Å². The molecule has 1 aromatic carbocycles. The highest BCUT2D eigenvalue weighted by Gasteiger charge is 2.13. The largest absolute Gasteiger partial charge is 0.493 e. The minimum Gasteiger partial charge on any atom is -0.493 e. The number of esters is 2. The first-order valence-corrected chi connectivity index (χ1v) is 6.34. The van der Waals surface area contributed by atoms with E-state index in [4.69, 9.17) is 13.9 Å². The highest BCUT2D eigenvalue weighted by atomic mass is 16.6. The van der Waals surface area contributed by atoms with Crippen molar-refractivity contribution in [3.05, 3.63) is 54.0 Å². The van der Waals surface area contributed by atoms with Crippen molar-refractivity contribution >= 4 is 18.0 Å². The molecular weight excluding hydrogens is 288 g/mol. The van der Waals surface area contributed by atoms with Crippen LogP contribution in [0, 0.1) is 0 Å². The monoisotopic (exact) mass is 302 g/mol. The smallest absolute Gasteiger partial charge is 0.337 e. The average molecular weight is 302 g/mol. The van der Waals surface area contributed by atoms with Crippen molar-refractivity contribution < 1.29 is 28.2 Å². The van der Waals surface area contributed by atoms with Gasteiger partial charge in [0.15, 0.2) is 11.5 Å². The van der Waals surface area contributed by atoms with E-state index >= 15 is 0 Å². The molecule has 0 saturated heterocycles. The summed E-state index contributed by atoms with van der Waals surface area (Å²) in [4.78, 5) is 23.2. The lowest BCUT2D eigenvalue weighted by Crippen LogP contribution is -2.07. The second-order valence-electron chi connectivity index (χ2n) is 4.13. The number of carbonyl (C=O) groups is 2. The minimum atomic E-state index is -0.597. The summed E-state index contributed by atoms with van der Waals surface area (Å²) in [7, 11) is 2.69. The van der Waals surface area contributed by atoms with Crippen LogP contribution in [0.4, 0.5) is 0 Å². The number of hydrogen-bond donors (Lipinski definition) is 0. The van der Waals surface area contributed by atoms with E-state index in [9.17, 15) is 9.59 Å². The lowest BCUT2D eigenvalue weighted by molar-refractivity contribution is -0.129. The fourth-order valence-corrected chi connectivity index (χ4v) is 1.68. The highest BCUT2D eigenvalue weighted by molar-refractivity contribution is 5.91. The lowest BCUT2D eigenvalue weighted by atomic mass is 10.2. The molecule has 1 aromatic heterocycles. The molecule has 0 bridgehead atoms. The Morgan fingerprint density at radius 2 is 1.95 bits per heavy atom. The summed E-state index contributed by atoms with van der Waals surface area (Å²) < 4.78 is 19.9. The van der Waals surface area contributed by atoms with E-state index in [1.165, 1.54) is 50.8 Å². The molecule has 0 aliphatic rings. The van der Waals surface area contributed by atoms with Gasteiger partial charge in [0.1, 0.15) is 5.76 Å². The molecule has 0 aliphatic carbocycles. The Hall–Kier alpha value is -3.02. The Kier molecular flexibility index (Phi) is 4.98. The van der Waals surface area contributed by atoms with E-state index < -0.39 is 11.9 Å². The molecule has 0 spiro atoms. The Morgan fingerprint density at radius 3 is 2.59 bits per heavy atom. The summed E-state index contributed by atoms with van der Waals surface area (Å²) in [6.07, 6.45) is 4.21. The maximum Gasteiger partial charge on any atom is 0.337 e. The van der Waals surface area contributed by atoms with Gasteiger partial charge in [-0.3, -0.25) is 0 Å². The first-order valence-electron chi connectivity index (χ1n) is 6.34. The van der Waals surface area contributed by atoms with Crippen LogP contribution < -0.4 is 9.47 Å². The predicted molar refractivity (Wildman–Crippen MR) is 77.7 cm³/mol. The zero-order valence-electron chi connectivity index (χ0n) is 12.1. The van der Waals surface area contributed by atoms with Crippen LogP contribution in [0.5, 0.6) is 11.5 Å². The summed E-state index contributed by atoms with van der Waals surface area (Å²) in [5.41, 5.74) is 0.297.